The molecule has 5 rings (SSSR count). The van der Waals surface area contributed by atoms with Gasteiger partial charge in [-0.2, -0.15) is 4.98 Å². The molecule has 8 nitrogen and oxygen atoms in total. The van der Waals surface area contributed by atoms with E-state index in [1.165, 1.54) is 0 Å². The van der Waals surface area contributed by atoms with E-state index in [1.54, 1.807) is 18.5 Å². The second-order valence-electron chi connectivity index (χ2n) is 8.05. The zero-order valence-electron chi connectivity index (χ0n) is 18.2. The van der Waals surface area contributed by atoms with Crippen molar-refractivity contribution in [2.24, 2.45) is 0 Å². The molecule has 1 unspecified atom stereocenters. The van der Waals surface area contributed by atoms with Crippen LogP contribution in [0.4, 0.5) is 23.1 Å². The van der Waals surface area contributed by atoms with Crippen LogP contribution in [0.2, 0.25) is 5.02 Å². The van der Waals surface area contributed by atoms with Gasteiger partial charge >= 0.3 is 0 Å². The number of aromatic nitrogens is 3. The van der Waals surface area contributed by atoms with Crippen LogP contribution < -0.4 is 20.1 Å². The molecule has 2 aromatic carbocycles. The van der Waals surface area contributed by atoms with Crippen LogP contribution in [-0.4, -0.2) is 53.2 Å². The third kappa shape index (κ3) is 5.08. The molecule has 0 saturated heterocycles. The highest BCUT2D eigenvalue weighted by atomic mass is 35.5. The molecule has 2 N–H and O–H groups in total. The van der Waals surface area contributed by atoms with E-state index >= 15 is 0 Å². The summed E-state index contributed by atoms with van der Waals surface area (Å²) in [4.78, 5) is 15.4. The minimum absolute atomic E-state index is 0.0121. The Morgan fingerprint density at radius 3 is 2.79 bits per heavy atom. The predicted molar refractivity (Wildman–Crippen MR) is 130 cm³/mol. The molecular formula is C24H23ClN6O2. The molecule has 4 aromatic rings. The molecule has 1 aliphatic rings. The van der Waals surface area contributed by atoms with Crippen LogP contribution in [0.25, 0.3) is 10.9 Å². The Kier molecular flexibility index (Phi) is 5.85. The van der Waals surface area contributed by atoms with Crippen molar-refractivity contribution >= 4 is 45.6 Å². The molecule has 0 radical (unpaired) electrons. The fraction of sp³-hybridized carbons (Fsp3) is 0.208. The fourth-order valence-corrected chi connectivity index (χ4v) is 3.81. The number of nitrogens with zero attached hydrogens (tertiary/aromatic N) is 4. The summed E-state index contributed by atoms with van der Waals surface area (Å²) >= 11 is 6.10. The van der Waals surface area contributed by atoms with Gasteiger partial charge in [-0.25, -0.2) is 4.98 Å². The summed E-state index contributed by atoms with van der Waals surface area (Å²) in [5.74, 6) is 2.53. The molecule has 2 aromatic heterocycles. The van der Waals surface area contributed by atoms with Crippen LogP contribution in [0.1, 0.15) is 0 Å². The van der Waals surface area contributed by atoms with E-state index in [1.807, 2.05) is 56.6 Å². The molecule has 1 aliphatic heterocycles. The van der Waals surface area contributed by atoms with Crippen LogP contribution in [0.5, 0.6) is 11.5 Å². The highest BCUT2D eigenvalue weighted by Gasteiger charge is 2.22. The van der Waals surface area contributed by atoms with E-state index in [4.69, 9.17) is 21.1 Å². The number of hydrogen-bond donors (Lipinski definition) is 2. The van der Waals surface area contributed by atoms with Gasteiger partial charge in [-0.1, -0.05) is 11.6 Å². The lowest BCUT2D eigenvalue weighted by atomic mass is 10.2. The van der Waals surface area contributed by atoms with Gasteiger partial charge in [0.15, 0.2) is 11.5 Å². The number of rotatable bonds is 6. The first-order valence-electron chi connectivity index (χ1n) is 10.5. The number of hydrogen-bond acceptors (Lipinski definition) is 8. The maximum absolute atomic E-state index is 6.10. The smallest absolute Gasteiger partial charge is 0.229 e. The minimum Gasteiger partial charge on any atom is -0.486 e. The van der Waals surface area contributed by atoms with Crippen molar-refractivity contribution in [2.75, 3.05) is 37.9 Å². The first-order chi connectivity index (χ1) is 16.0. The van der Waals surface area contributed by atoms with Crippen molar-refractivity contribution in [2.45, 2.75) is 6.10 Å². The third-order valence-corrected chi connectivity index (χ3v) is 5.29. The zero-order chi connectivity index (χ0) is 22.8. The van der Waals surface area contributed by atoms with Gasteiger partial charge in [0, 0.05) is 34.9 Å². The molecule has 0 bridgehead atoms. The van der Waals surface area contributed by atoms with Crippen molar-refractivity contribution in [3.63, 3.8) is 0 Å². The number of pyridine rings is 1. The van der Waals surface area contributed by atoms with E-state index < -0.39 is 0 Å². The van der Waals surface area contributed by atoms with Crippen LogP contribution in [0, 0.1) is 0 Å². The minimum atomic E-state index is 0.0121. The van der Waals surface area contributed by atoms with E-state index in [-0.39, 0.29) is 6.10 Å². The molecule has 33 heavy (non-hydrogen) atoms. The second-order valence-corrected chi connectivity index (χ2v) is 8.49. The molecular weight excluding hydrogens is 440 g/mol. The highest BCUT2D eigenvalue weighted by molar-refractivity contribution is 6.31. The SMILES string of the molecule is CN(C)CC1COc2cc(Nc3nccc(Nc4cnc5ccc(Cl)cc5c4)n3)ccc2O1. The van der Waals surface area contributed by atoms with E-state index in [9.17, 15) is 0 Å². The van der Waals surface area contributed by atoms with E-state index in [0.717, 1.165) is 34.6 Å². The number of nitrogens with one attached hydrogen (secondary N) is 2. The third-order valence-electron chi connectivity index (χ3n) is 5.06. The molecule has 1 atom stereocenters. The van der Waals surface area contributed by atoms with Crippen molar-refractivity contribution in [1.82, 2.24) is 19.9 Å². The largest absolute Gasteiger partial charge is 0.486 e. The number of likely N-dealkylation sites (N-methyl/N-ethyl adjacent to an activating group) is 1. The molecule has 3 heterocycles. The Labute approximate surface area is 196 Å². The van der Waals surface area contributed by atoms with Gasteiger partial charge < -0.3 is 25.0 Å². The van der Waals surface area contributed by atoms with Gasteiger partial charge in [-0.3, -0.25) is 4.98 Å². The number of anilines is 4. The Morgan fingerprint density at radius 1 is 1.00 bits per heavy atom. The van der Waals surface area contributed by atoms with Crippen molar-refractivity contribution < 1.29 is 9.47 Å². The van der Waals surface area contributed by atoms with Gasteiger partial charge in [0.05, 0.1) is 17.4 Å². The molecule has 0 spiro atoms. The van der Waals surface area contributed by atoms with Gasteiger partial charge in [-0.05, 0) is 56.6 Å². The monoisotopic (exact) mass is 462 g/mol. The standard InChI is InChI=1S/C24H23ClN6O2/c1-31(2)13-19-14-32-22-11-17(4-6-21(22)33-19)29-24-26-8-7-23(30-24)28-18-10-15-9-16(25)3-5-20(15)27-12-18/h3-12,19H,13-14H2,1-2H3,(H2,26,28,29,30). The average Bonchev–Trinajstić information content (AvgIpc) is 2.79. The lowest BCUT2D eigenvalue weighted by Gasteiger charge is -2.28. The van der Waals surface area contributed by atoms with Crippen LogP contribution in [0.3, 0.4) is 0 Å². The molecule has 0 aliphatic carbocycles. The second kappa shape index (κ2) is 9.09. The van der Waals surface area contributed by atoms with Crippen LogP contribution in [-0.2, 0) is 0 Å². The van der Waals surface area contributed by atoms with Gasteiger partial charge in [0.2, 0.25) is 5.95 Å². The van der Waals surface area contributed by atoms with Gasteiger partial charge in [0.25, 0.3) is 0 Å². The molecule has 9 heteroatoms. The fourth-order valence-electron chi connectivity index (χ4n) is 3.63. The first kappa shape index (κ1) is 21.2. The summed E-state index contributed by atoms with van der Waals surface area (Å²) < 4.78 is 11.9. The topological polar surface area (TPSA) is 84.4 Å². The molecule has 168 valence electrons. The Balaban J connectivity index is 1.29. The van der Waals surface area contributed by atoms with Crippen molar-refractivity contribution in [3.05, 3.63) is 65.9 Å². The van der Waals surface area contributed by atoms with Gasteiger partial charge in [-0.15, -0.1) is 0 Å². The maximum atomic E-state index is 6.10. The quantitative estimate of drug-likeness (QED) is 0.420. The van der Waals surface area contributed by atoms with E-state index in [2.05, 4.69) is 30.5 Å². The number of ether oxygens (including phenoxy) is 2. The highest BCUT2D eigenvalue weighted by Crippen LogP contribution is 2.35. The van der Waals surface area contributed by atoms with Gasteiger partial charge in [0.1, 0.15) is 18.5 Å². The molecule has 0 fully saturated rings. The lowest BCUT2D eigenvalue weighted by Crippen LogP contribution is -2.37. The van der Waals surface area contributed by atoms with Crippen LogP contribution >= 0.6 is 11.6 Å². The predicted octanol–water partition coefficient (Wildman–Crippen LogP) is 4.87. The summed E-state index contributed by atoms with van der Waals surface area (Å²) in [7, 11) is 4.03. The lowest BCUT2D eigenvalue weighted by molar-refractivity contribution is 0.0711. The van der Waals surface area contributed by atoms with Crippen molar-refractivity contribution in [3.8, 4) is 11.5 Å². The number of benzene rings is 2. The summed E-state index contributed by atoms with van der Waals surface area (Å²) in [6.45, 7) is 1.31. The van der Waals surface area contributed by atoms with E-state index in [0.29, 0.717) is 29.1 Å². The Hall–Kier alpha value is -3.62. The van der Waals surface area contributed by atoms with Crippen LogP contribution in [0.15, 0.2) is 60.9 Å². The molecule has 0 saturated carbocycles. The summed E-state index contributed by atoms with van der Waals surface area (Å²) in [5, 5.41) is 8.11. The summed E-state index contributed by atoms with van der Waals surface area (Å²) in [5.41, 5.74) is 2.49. The Bertz CT molecular complexity index is 1300. The summed E-state index contributed by atoms with van der Waals surface area (Å²) in [6.07, 6.45) is 3.46. The van der Waals surface area contributed by atoms with Crippen molar-refractivity contribution in [1.29, 1.82) is 0 Å². The average molecular weight is 463 g/mol. The number of halogens is 1. The number of fused-ring (bicyclic) bond motifs is 2. The first-order valence-corrected chi connectivity index (χ1v) is 10.9. The maximum Gasteiger partial charge on any atom is 0.229 e. The Morgan fingerprint density at radius 2 is 1.91 bits per heavy atom. The molecule has 0 amide bonds. The summed E-state index contributed by atoms with van der Waals surface area (Å²) in [6, 6.07) is 15.1. The zero-order valence-corrected chi connectivity index (χ0v) is 19.0. The normalized spacial score (nSPS) is 15.0.